The van der Waals surface area contributed by atoms with Crippen molar-refractivity contribution < 1.29 is 4.74 Å². The largest absolute Gasteiger partial charge is 0.492 e. The van der Waals surface area contributed by atoms with Gasteiger partial charge in [0.2, 0.25) is 0 Å². The van der Waals surface area contributed by atoms with Crippen LogP contribution >= 0.6 is 0 Å². The standard InChI is InChI=1S/C14H23N3O/c1-2-18-14-4-3-12(11-13(14)15)5-8-17-9-6-16-7-10-17/h3-4,11,16H,2,5-10,15H2,1H3. The summed E-state index contributed by atoms with van der Waals surface area (Å²) in [6.07, 6.45) is 1.05. The molecule has 1 aromatic rings. The number of piperazine rings is 1. The molecule has 0 aliphatic carbocycles. The number of nitrogen functional groups attached to an aromatic ring is 1. The molecule has 4 heteroatoms. The van der Waals surface area contributed by atoms with Crippen LogP contribution in [-0.2, 0) is 6.42 Å². The van der Waals surface area contributed by atoms with E-state index in [1.54, 1.807) is 0 Å². The lowest BCUT2D eigenvalue weighted by molar-refractivity contribution is 0.244. The van der Waals surface area contributed by atoms with Gasteiger partial charge in [-0.05, 0) is 31.0 Å². The molecule has 0 spiro atoms. The van der Waals surface area contributed by atoms with Gasteiger partial charge >= 0.3 is 0 Å². The van der Waals surface area contributed by atoms with Gasteiger partial charge < -0.3 is 20.7 Å². The minimum absolute atomic E-state index is 0.657. The highest BCUT2D eigenvalue weighted by Crippen LogP contribution is 2.22. The zero-order chi connectivity index (χ0) is 12.8. The number of nitrogens with one attached hydrogen (secondary N) is 1. The molecule has 1 aliphatic heterocycles. The Morgan fingerprint density at radius 3 is 2.78 bits per heavy atom. The number of anilines is 1. The normalized spacial score (nSPS) is 16.7. The number of nitrogens with zero attached hydrogens (tertiary/aromatic N) is 1. The summed E-state index contributed by atoms with van der Waals surface area (Å²) in [5.74, 6) is 0.795. The van der Waals surface area contributed by atoms with Crippen molar-refractivity contribution in [3.8, 4) is 5.75 Å². The first-order valence-corrected chi connectivity index (χ1v) is 6.74. The maximum absolute atomic E-state index is 5.97. The highest BCUT2D eigenvalue weighted by molar-refractivity contribution is 5.54. The van der Waals surface area contributed by atoms with E-state index in [9.17, 15) is 0 Å². The maximum atomic E-state index is 5.97. The van der Waals surface area contributed by atoms with E-state index in [-0.39, 0.29) is 0 Å². The van der Waals surface area contributed by atoms with Crippen LogP contribution in [0, 0.1) is 0 Å². The van der Waals surface area contributed by atoms with Crippen LogP contribution in [0.2, 0.25) is 0 Å². The molecular formula is C14H23N3O. The molecule has 1 aliphatic rings. The molecule has 1 aromatic carbocycles. The van der Waals surface area contributed by atoms with Crippen molar-refractivity contribution in [3.63, 3.8) is 0 Å². The summed E-state index contributed by atoms with van der Waals surface area (Å²) in [7, 11) is 0. The van der Waals surface area contributed by atoms with Crippen molar-refractivity contribution in [2.24, 2.45) is 0 Å². The predicted molar refractivity (Wildman–Crippen MR) is 75.0 cm³/mol. The second-order valence-corrected chi connectivity index (χ2v) is 4.65. The van der Waals surface area contributed by atoms with Crippen molar-refractivity contribution in [1.82, 2.24) is 10.2 Å². The highest BCUT2D eigenvalue weighted by atomic mass is 16.5. The molecule has 4 nitrogen and oxygen atoms in total. The van der Waals surface area contributed by atoms with Gasteiger partial charge in [-0.3, -0.25) is 0 Å². The molecule has 0 saturated carbocycles. The molecule has 100 valence electrons. The van der Waals surface area contributed by atoms with E-state index in [4.69, 9.17) is 10.5 Å². The smallest absolute Gasteiger partial charge is 0.142 e. The first kappa shape index (κ1) is 13.2. The van der Waals surface area contributed by atoms with E-state index < -0.39 is 0 Å². The third-order valence-corrected chi connectivity index (χ3v) is 3.30. The van der Waals surface area contributed by atoms with Crippen LogP contribution < -0.4 is 15.8 Å². The maximum Gasteiger partial charge on any atom is 0.142 e. The van der Waals surface area contributed by atoms with E-state index in [1.807, 2.05) is 19.1 Å². The number of benzene rings is 1. The van der Waals surface area contributed by atoms with Crippen LogP contribution in [-0.4, -0.2) is 44.2 Å². The zero-order valence-corrected chi connectivity index (χ0v) is 11.1. The lowest BCUT2D eigenvalue weighted by atomic mass is 10.1. The van der Waals surface area contributed by atoms with Crippen LogP contribution in [0.15, 0.2) is 18.2 Å². The Bertz CT molecular complexity index is 375. The minimum Gasteiger partial charge on any atom is -0.492 e. The van der Waals surface area contributed by atoms with Gasteiger partial charge in [0, 0.05) is 32.7 Å². The van der Waals surface area contributed by atoms with Gasteiger partial charge in [0.1, 0.15) is 5.75 Å². The van der Waals surface area contributed by atoms with Gasteiger partial charge in [-0.25, -0.2) is 0 Å². The van der Waals surface area contributed by atoms with Gasteiger partial charge in [-0.15, -0.1) is 0 Å². The molecule has 18 heavy (non-hydrogen) atoms. The zero-order valence-electron chi connectivity index (χ0n) is 11.1. The van der Waals surface area contributed by atoms with Gasteiger partial charge in [0.15, 0.2) is 0 Å². The fourth-order valence-electron chi connectivity index (χ4n) is 2.26. The molecule has 0 atom stereocenters. The number of hydrogen-bond donors (Lipinski definition) is 2. The lowest BCUT2D eigenvalue weighted by Gasteiger charge is -2.27. The van der Waals surface area contributed by atoms with Crippen LogP contribution in [0.3, 0.4) is 0 Å². The Morgan fingerprint density at radius 2 is 2.11 bits per heavy atom. The molecule has 0 unspecified atom stereocenters. The number of nitrogens with two attached hydrogens (primary N) is 1. The van der Waals surface area contributed by atoms with Crippen LogP contribution in [0.25, 0.3) is 0 Å². The highest BCUT2D eigenvalue weighted by Gasteiger charge is 2.09. The van der Waals surface area contributed by atoms with E-state index in [1.165, 1.54) is 5.56 Å². The first-order valence-electron chi connectivity index (χ1n) is 6.74. The third kappa shape index (κ3) is 3.62. The molecule has 1 heterocycles. The number of ether oxygens (including phenoxy) is 1. The molecule has 1 fully saturated rings. The van der Waals surface area contributed by atoms with Crippen LogP contribution in [0.5, 0.6) is 5.75 Å². The summed E-state index contributed by atoms with van der Waals surface area (Å²) >= 11 is 0. The average molecular weight is 249 g/mol. The third-order valence-electron chi connectivity index (χ3n) is 3.30. The van der Waals surface area contributed by atoms with Crippen molar-refractivity contribution >= 4 is 5.69 Å². The molecule has 2 rings (SSSR count). The quantitative estimate of drug-likeness (QED) is 0.768. The Morgan fingerprint density at radius 1 is 1.33 bits per heavy atom. The molecule has 3 N–H and O–H groups in total. The summed E-state index contributed by atoms with van der Waals surface area (Å²) in [4.78, 5) is 2.49. The topological polar surface area (TPSA) is 50.5 Å². The van der Waals surface area contributed by atoms with Crippen molar-refractivity contribution in [3.05, 3.63) is 23.8 Å². The number of rotatable bonds is 5. The molecule has 0 radical (unpaired) electrons. The van der Waals surface area contributed by atoms with Gasteiger partial charge in [0.05, 0.1) is 12.3 Å². The van der Waals surface area contributed by atoms with Crippen molar-refractivity contribution in [2.75, 3.05) is 45.1 Å². The fraction of sp³-hybridized carbons (Fsp3) is 0.571. The molecule has 0 bridgehead atoms. The van der Waals surface area contributed by atoms with Crippen molar-refractivity contribution in [2.45, 2.75) is 13.3 Å². The Hall–Kier alpha value is -1.26. The molecule has 0 aromatic heterocycles. The Balaban J connectivity index is 1.87. The number of hydrogen-bond acceptors (Lipinski definition) is 4. The summed E-state index contributed by atoms with van der Waals surface area (Å²) in [5, 5.41) is 3.37. The van der Waals surface area contributed by atoms with Gasteiger partial charge in [-0.2, -0.15) is 0 Å². The minimum atomic E-state index is 0.657. The lowest BCUT2D eigenvalue weighted by Crippen LogP contribution is -2.44. The van der Waals surface area contributed by atoms with E-state index in [0.717, 1.165) is 50.6 Å². The van der Waals surface area contributed by atoms with Gasteiger partial charge in [0.25, 0.3) is 0 Å². The summed E-state index contributed by atoms with van der Waals surface area (Å²) in [6, 6.07) is 6.13. The second-order valence-electron chi connectivity index (χ2n) is 4.65. The summed E-state index contributed by atoms with van der Waals surface area (Å²) in [6.45, 7) is 8.23. The summed E-state index contributed by atoms with van der Waals surface area (Å²) < 4.78 is 5.44. The molecular weight excluding hydrogens is 226 g/mol. The average Bonchev–Trinajstić information content (AvgIpc) is 2.41. The summed E-state index contributed by atoms with van der Waals surface area (Å²) in [5.41, 5.74) is 8.00. The van der Waals surface area contributed by atoms with Crippen LogP contribution in [0.1, 0.15) is 12.5 Å². The van der Waals surface area contributed by atoms with Crippen LogP contribution in [0.4, 0.5) is 5.69 Å². The Labute approximate surface area is 109 Å². The molecule has 1 saturated heterocycles. The fourth-order valence-corrected chi connectivity index (χ4v) is 2.26. The van der Waals surface area contributed by atoms with E-state index >= 15 is 0 Å². The van der Waals surface area contributed by atoms with E-state index in [0.29, 0.717) is 6.61 Å². The van der Waals surface area contributed by atoms with E-state index in [2.05, 4.69) is 16.3 Å². The monoisotopic (exact) mass is 249 g/mol. The predicted octanol–water partition coefficient (Wildman–Crippen LogP) is 1.12. The first-order chi connectivity index (χ1) is 8.79. The van der Waals surface area contributed by atoms with Crippen molar-refractivity contribution in [1.29, 1.82) is 0 Å². The Kier molecular flexibility index (Phi) is 4.84. The molecule has 0 amide bonds. The van der Waals surface area contributed by atoms with Gasteiger partial charge in [-0.1, -0.05) is 6.07 Å². The second kappa shape index (κ2) is 6.61. The SMILES string of the molecule is CCOc1ccc(CCN2CCNCC2)cc1N.